The monoisotopic (exact) mass is 540 g/mol. The zero-order valence-electron chi connectivity index (χ0n) is 22.8. The number of carbonyl (C=O) groups excluding carboxylic acids is 3. The Bertz CT molecular complexity index is 1270. The summed E-state index contributed by atoms with van der Waals surface area (Å²) in [4.78, 5) is 39.1. The van der Waals surface area contributed by atoms with Crippen LogP contribution in [0.15, 0.2) is 18.2 Å². The van der Waals surface area contributed by atoms with Crippen molar-refractivity contribution in [3.63, 3.8) is 0 Å². The predicted molar refractivity (Wildman–Crippen MR) is 142 cm³/mol. The quantitative estimate of drug-likeness (QED) is 0.185. The Kier molecular flexibility index (Phi) is 8.80. The summed E-state index contributed by atoms with van der Waals surface area (Å²) in [5, 5.41) is 21.2. The van der Waals surface area contributed by atoms with Crippen molar-refractivity contribution in [2.24, 2.45) is 0 Å². The summed E-state index contributed by atoms with van der Waals surface area (Å²) in [6, 6.07) is 3.77. The number of phenolic OH excluding ortho intramolecular Hbond substituents is 2. The number of aromatic hydroxyl groups is 2. The first kappa shape index (κ1) is 28.4. The molecule has 0 aromatic heterocycles. The maximum absolute atomic E-state index is 13.3. The van der Waals surface area contributed by atoms with Crippen molar-refractivity contribution in [3.8, 4) is 28.7 Å². The number of hydrogen-bond acceptors (Lipinski definition) is 9. The molecule has 2 aliphatic rings. The van der Waals surface area contributed by atoms with Crippen LogP contribution in [0.1, 0.15) is 104 Å². The molecule has 2 aromatic carbocycles. The summed E-state index contributed by atoms with van der Waals surface area (Å²) < 4.78 is 23.5. The van der Waals surface area contributed by atoms with E-state index in [1.165, 1.54) is 12.1 Å². The largest absolute Gasteiger partial charge is 0.508 e. The van der Waals surface area contributed by atoms with E-state index in [4.69, 9.17) is 18.9 Å². The zero-order chi connectivity index (χ0) is 28.2. The van der Waals surface area contributed by atoms with Crippen molar-refractivity contribution in [1.29, 1.82) is 0 Å². The van der Waals surface area contributed by atoms with Crippen molar-refractivity contribution in [2.45, 2.75) is 90.8 Å². The number of rotatable bonds is 12. The van der Waals surface area contributed by atoms with Gasteiger partial charge in [-0.25, -0.2) is 9.59 Å². The minimum absolute atomic E-state index is 0.00469. The molecule has 1 unspecified atom stereocenters. The number of unbranched alkanes of at least 4 members (excludes halogenated alkanes) is 4. The lowest BCUT2D eigenvalue weighted by Gasteiger charge is -2.37. The van der Waals surface area contributed by atoms with Gasteiger partial charge in [0.2, 0.25) is 5.79 Å². The lowest BCUT2D eigenvalue weighted by Crippen LogP contribution is -2.44. The normalized spacial score (nSPS) is 17.7. The van der Waals surface area contributed by atoms with E-state index in [1.54, 1.807) is 6.92 Å². The van der Waals surface area contributed by atoms with Crippen LogP contribution >= 0.6 is 0 Å². The SMILES string of the molecule is CCCCCC(=O)Cc1cc(O)cc2c1C(=O)Oc1cc(O)c3c(c1O2)CC(CCCCC)(OCC)OC3=O. The van der Waals surface area contributed by atoms with Gasteiger partial charge in [-0.2, -0.15) is 0 Å². The van der Waals surface area contributed by atoms with E-state index in [0.717, 1.165) is 44.6 Å². The van der Waals surface area contributed by atoms with Gasteiger partial charge in [-0.05, 0) is 31.4 Å². The summed E-state index contributed by atoms with van der Waals surface area (Å²) >= 11 is 0. The third kappa shape index (κ3) is 6.03. The van der Waals surface area contributed by atoms with E-state index < -0.39 is 23.5 Å². The summed E-state index contributed by atoms with van der Waals surface area (Å²) in [6.07, 6.45) is 6.05. The molecule has 0 aliphatic carbocycles. The Morgan fingerprint density at radius 1 is 0.923 bits per heavy atom. The minimum atomic E-state index is -1.27. The molecule has 9 heteroatoms. The van der Waals surface area contributed by atoms with E-state index >= 15 is 0 Å². The lowest BCUT2D eigenvalue weighted by molar-refractivity contribution is -0.209. The number of Topliss-reactive ketones (excluding diaryl/α,β-unsaturated/α-hetero) is 1. The van der Waals surface area contributed by atoms with E-state index in [1.807, 2.05) is 6.92 Å². The first-order valence-electron chi connectivity index (χ1n) is 13.8. The van der Waals surface area contributed by atoms with Gasteiger partial charge in [-0.15, -0.1) is 0 Å². The second-order valence-corrected chi connectivity index (χ2v) is 10.1. The van der Waals surface area contributed by atoms with Crippen LogP contribution in [0.5, 0.6) is 28.7 Å². The molecule has 0 fully saturated rings. The number of phenols is 2. The van der Waals surface area contributed by atoms with Crippen molar-refractivity contribution in [2.75, 3.05) is 6.61 Å². The van der Waals surface area contributed by atoms with Gasteiger partial charge in [0.1, 0.15) is 34.2 Å². The van der Waals surface area contributed by atoms with E-state index in [-0.39, 0.29) is 70.5 Å². The lowest BCUT2D eigenvalue weighted by atomic mass is 9.91. The summed E-state index contributed by atoms with van der Waals surface area (Å²) in [7, 11) is 0. The van der Waals surface area contributed by atoms with Crippen LogP contribution in [-0.4, -0.2) is 40.3 Å². The van der Waals surface area contributed by atoms with Crippen LogP contribution < -0.4 is 9.47 Å². The molecular weight excluding hydrogens is 504 g/mol. The van der Waals surface area contributed by atoms with Gasteiger partial charge in [-0.1, -0.05) is 39.5 Å². The number of esters is 2. The van der Waals surface area contributed by atoms with Gasteiger partial charge in [0, 0.05) is 50.0 Å². The van der Waals surface area contributed by atoms with E-state index in [0.29, 0.717) is 12.8 Å². The zero-order valence-corrected chi connectivity index (χ0v) is 22.8. The molecule has 0 saturated carbocycles. The Labute approximate surface area is 228 Å². The smallest absolute Gasteiger partial charge is 0.347 e. The maximum atomic E-state index is 13.3. The highest BCUT2D eigenvalue weighted by Gasteiger charge is 2.45. The predicted octanol–water partition coefficient (Wildman–Crippen LogP) is 6.14. The number of ether oxygens (including phenoxy) is 4. The molecule has 0 saturated heterocycles. The van der Waals surface area contributed by atoms with Crippen molar-refractivity contribution >= 4 is 17.7 Å². The molecule has 1 atom stereocenters. The molecule has 4 rings (SSSR count). The van der Waals surface area contributed by atoms with E-state index in [2.05, 4.69) is 6.92 Å². The van der Waals surface area contributed by atoms with Gasteiger partial charge in [0.25, 0.3) is 0 Å². The molecule has 210 valence electrons. The molecule has 0 amide bonds. The number of fused-ring (bicyclic) bond motifs is 4. The number of carbonyl (C=O) groups is 3. The highest BCUT2D eigenvalue weighted by atomic mass is 16.7. The first-order valence-corrected chi connectivity index (χ1v) is 13.8. The van der Waals surface area contributed by atoms with Crippen molar-refractivity contribution < 1.29 is 43.5 Å². The standard InChI is InChI=1S/C30H36O9/c1-4-7-9-11-19(31)13-18-14-20(32)15-23-25(18)28(34)38-24-16-22(33)26-21(27(24)37-23)17-30(36-6-3,39-29(26)35)12-10-8-5-2/h14-16,32-33H,4-13,17H2,1-3H3. The van der Waals surface area contributed by atoms with Gasteiger partial charge >= 0.3 is 11.9 Å². The molecule has 0 spiro atoms. The number of cyclic esters (lactones) is 1. The average molecular weight is 541 g/mol. The highest BCUT2D eigenvalue weighted by molar-refractivity contribution is 6.01. The maximum Gasteiger partial charge on any atom is 0.347 e. The summed E-state index contributed by atoms with van der Waals surface area (Å²) in [6.45, 7) is 6.20. The summed E-state index contributed by atoms with van der Waals surface area (Å²) in [5.74, 6) is -3.54. The molecule has 0 bridgehead atoms. The fourth-order valence-corrected chi connectivity index (χ4v) is 5.23. The van der Waals surface area contributed by atoms with Crippen LogP contribution in [0, 0.1) is 0 Å². The minimum Gasteiger partial charge on any atom is -0.508 e. The Balaban J connectivity index is 1.77. The van der Waals surface area contributed by atoms with Gasteiger partial charge in [-0.3, -0.25) is 4.79 Å². The Morgan fingerprint density at radius 3 is 2.38 bits per heavy atom. The Morgan fingerprint density at radius 2 is 1.67 bits per heavy atom. The number of hydrogen-bond donors (Lipinski definition) is 2. The van der Waals surface area contributed by atoms with Crippen LogP contribution in [-0.2, 0) is 27.1 Å². The second kappa shape index (κ2) is 12.1. The van der Waals surface area contributed by atoms with Crippen LogP contribution in [0.3, 0.4) is 0 Å². The number of ketones is 1. The molecule has 2 aliphatic heterocycles. The average Bonchev–Trinajstić information content (AvgIpc) is 3.00. The molecular formula is C30H36O9. The second-order valence-electron chi connectivity index (χ2n) is 10.1. The topological polar surface area (TPSA) is 129 Å². The van der Waals surface area contributed by atoms with Crippen LogP contribution in [0.2, 0.25) is 0 Å². The first-order chi connectivity index (χ1) is 18.7. The molecule has 0 radical (unpaired) electrons. The highest BCUT2D eigenvalue weighted by Crippen LogP contribution is 2.50. The van der Waals surface area contributed by atoms with Gasteiger partial charge in [0.05, 0.1) is 0 Å². The Hall–Kier alpha value is -3.59. The van der Waals surface area contributed by atoms with Crippen molar-refractivity contribution in [3.05, 3.63) is 40.5 Å². The molecule has 2 heterocycles. The summed E-state index contributed by atoms with van der Waals surface area (Å²) in [5.41, 5.74) is 0.487. The fourth-order valence-electron chi connectivity index (χ4n) is 5.23. The van der Waals surface area contributed by atoms with Crippen LogP contribution in [0.25, 0.3) is 0 Å². The molecule has 9 nitrogen and oxygen atoms in total. The van der Waals surface area contributed by atoms with Crippen LogP contribution in [0.4, 0.5) is 0 Å². The molecule has 2 N–H and O–H groups in total. The van der Waals surface area contributed by atoms with Gasteiger partial charge < -0.3 is 29.2 Å². The third-order valence-electron chi connectivity index (χ3n) is 7.06. The molecule has 39 heavy (non-hydrogen) atoms. The van der Waals surface area contributed by atoms with E-state index in [9.17, 15) is 24.6 Å². The fraction of sp³-hybridized carbons (Fsp3) is 0.500. The van der Waals surface area contributed by atoms with Gasteiger partial charge in [0.15, 0.2) is 11.5 Å². The van der Waals surface area contributed by atoms with Crippen molar-refractivity contribution in [1.82, 2.24) is 0 Å². The molecule has 2 aromatic rings. The third-order valence-corrected chi connectivity index (χ3v) is 7.06. The number of benzene rings is 2.